The molecule has 2 aromatic rings. The zero-order valence-electron chi connectivity index (χ0n) is 13.6. The lowest BCUT2D eigenvalue weighted by molar-refractivity contribution is 0.278. The van der Waals surface area contributed by atoms with E-state index < -0.39 is 0 Å². The third kappa shape index (κ3) is 2.41. The Morgan fingerprint density at radius 3 is 2.70 bits per heavy atom. The maximum absolute atomic E-state index is 14.1. The molecule has 0 bridgehead atoms. The van der Waals surface area contributed by atoms with Crippen molar-refractivity contribution in [1.29, 1.82) is 0 Å². The number of likely N-dealkylation sites (tertiary alicyclic amines) is 1. The van der Waals surface area contributed by atoms with E-state index in [1.54, 1.807) is 12.3 Å². The fourth-order valence-electron chi connectivity index (χ4n) is 4.43. The molecule has 1 aromatic heterocycles. The van der Waals surface area contributed by atoms with Gasteiger partial charge in [-0.05, 0) is 43.1 Å². The summed E-state index contributed by atoms with van der Waals surface area (Å²) >= 11 is 0. The Bertz CT molecular complexity index is 717. The largest absolute Gasteiger partial charge is 0.353 e. The summed E-state index contributed by atoms with van der Waals surface area (Å²) in [6.45, 7) is 5.02. The molecule has 0 N–H and O–H groups in total. The van der Waals surface area contributed by atoms with Crippen molar-refractivity contribution in [3.05, 3.63) is 59.5 Å². The Labute approximate surface area is 136 Å². The highest BCUT2D eigenvalue weighted by Crippen LogP contribution is 2.45. The second-order valence-corrected chi connectivity index (χ2v) is 6.88. The number of hydrogen-bond donors (Lipinski definition) is 0. The van der Waals surface area contributed by atoms with Gasteiger partial charge in [0.25, 0.3) is 0 Å². The predicted molar refractivity (Wildman–Crippen MR) is 89.9 cm³/mol. The second kappa shape index (κ2) is 5.60. The number of pyridine rings is 1. The number of halogens is 1. The van der Waals surface area contributed by atoms with E-state index >= 15 is 0 Å². The number of fused-ring (bicyclic) bond motifs is 1. The van der Waals surface area contributed by atoms with Crippen LogP contribution in [0.3, 0.4) is 0 Å². The van der Waals surface area contributed by atoms with Gasteiger partial charge in [0.05, 0.1) is 0 Å². The molecule has 0 aliphatic carbocycles. The van der Waals surface area contributed by atoms with Crippen LogP contribution in [0.15, 0.2) is 42.6 Å². The standard InChI is InChI=1S/C19H22FN3/c1-13-6-3-4-7-15(13)18-16-12-23(11-14(16)10-22(18)2)19-17(20)8-5-9-21-19/h3-9,14,16,18H,10-12H2,1-2H3/t14-,16+,18-/m0/s1. The monoisotopic (exact) mass is 311 g/mol. The van der Waals surface area contributed by atoms with Gasteiger partial charge in [-0.25, -0.2) is 9.37 Å². The zero-order chi connectivity index (χ0) is 16.0. The van der Waals surface area contributed by atoms with E-state index in [2.05, 4.69) is 53.0 Å². The van der Waals surface area contributed by atoms with E-state index in [0.717, 1.165) is 19.6 Å². The van der Waals surface area contributed by atoms with E-state index in [-0.39, 0.29) is 5.82 Å². The summed E-state index contributed by atoms with van der Waals surface area (Å²) in [5.74, 6) is 1.40. The predicted octanol–water partition coefficient (Wildman–Crippen LogP) is 3.27. The van der Waals surface area contributed by atoms with Crippen LogP contribution in [-0.4, -0.2) is 36.6 Å². The summed E-state index contributed by atoms with van der Waals surface area (Å²) in [6.07, 6.45) is 1.68. The maximum atomic E-state index is 14.1. The third-order valence-corrected chi connectivity index (χ3v) is 5.44. The van der Waals surface area contributed by atoms with Crippen molar-refractivity contribution in [2.75, 3.05) is 31.6 Å². The Morgan fingerprint density at radius 1 is 1.09 bits per heavy atom. The fraction of sp³-hybridized carbons (Fsp3) is 0.421. The molecular formula is C19H22FN3. The van der Waals surface area contributed by atoms with Gasteiger partial charge in [0, 0.05) is 37.8 Å². The lowest BCUT2D eigenvalue weighted by atomic mass is 9.88. The highest BCUT2D eigenvalue weighted by atomic mass is 19.1. The minimum Gasteiger partial charge on any atom is -0.353 e. The topological polar surface area (TPSA) is 19.4 Å². The van der Waals surface area contributed by atoms with Gasteiger partial charge in [-0.3, -0.25) is 4.90 Å². The van der Waals surface area contributed by atoms with Crippen LogP contribution in [0.1, 0.15) is 17.2 Å². The molecule has 1 aromatic carbocycles. The van der Waals surface area contributed by atoms with Crippen molar-refractivity contribution in [2.24, 2.45) is 11.8 Å². The molecule has 23 heavy (non-hydrogen) atoms. The first-order valence-corrected chi connectivity index (χ1v) is 8.26. The molecule has 2 fully saturated rings. The molecule has 4 heteroatoms. The molecule has 4 rings (SSSR count). The van der Waals surface area contributed by atoms with Gasteiger partial charge < -0.3 is 4.90 Å². The molecule has 120 valence electrons. The van der Waals surface area contributed by atoms with Gasteiger partial charge in [0.1, 0.15) is 0 Å². The normalized spacial score (nSPS) is 27.4. The Balaban J connectivity index is 1.63. The number of hydrogen-bond acceptors (Lipinski definition) is 3. The van der Waals surface area contributed by atoms with E-state index in [1.807, 2.05) is 0 Å². The van der Waals surface area contributed by atoms with Crippen LogP contribution in [0, 0.1) is 24.6 Å². The molecule has 2 saturated heterocycles. The first-order valence-electron chi connectivity index (χ1n) is 8.26. The number of rotatable bonds is 2. The number of benzene rings is 1. The summed E-state index contributed by atoms with van der Waals surface area (Å²) in [5, 5.41) is 0. The van der Waals surface area contributed by atoms with Crippen LogP contribution >= 0.6 is 0 Å². The van der Waals surface area contributed by atoms with Crippen LogP contribution in [0.4, 0.5) is 10.2 Å². The third-order valence-electron chi connectivity index (χ3n) is 5.44. The zero-order valence-corrected chi connectivity index (χ0v) is 13.6. The molecule has 3 atom stereocenters. The summed E-state index contributed by atoms with van der Waals surface area (Å²) in [6, 6.07) is 12.2. The van der Waals surface area contributed by atoms with Crippen LogP contribution in [-0.2, 0) is 0 Å². The van der Waals surface area contributed by atoms with Crippen LogP contribution in [0.25, 0.3) is 0 Å². The number of aryl methyl sites for hydroxylation is 1. The summed E-state index contributed by atoms with van der Waals surface area (Å²) in [5.41, 5.74) is 2.75. The molecule has 0 saturated carbocycles. The van der Waals surface area contributed by atoms with Crippen molar-refractivity contribution in [3.8, 4) is 0 Å². The van der Waals surface area contributed by atoms with Crippen molar-refractivity contribution in [3.63, 3.8) is 0 Å². The number of aromatic nitrogens is 1. The average molecular weight is 311 g/mol. The molecule has 0 unspecified atom stereocenters. The molecule has 3 nitrogen and oxygen atoms in total. The van der Waals surface area contributed by atoms with E-state index in [9.17, 15) is 4.39 Å². The van der Waals surface area contributed by atoms with E-state index in [4.69, 9.17) is 0 Å². The molecule has 0 radical (unpaired) electrons. The quantitative estimate of drug-likeness (QED) is 0.848. The van der Waals surface area contributed by atoms with E-state index in [1.165, 1.54) is 17.2 Å². The van der Waals surface area contributed by atoms with Crippen molar-refractivity contribution in [2.45, 2.75) is 13.0 Å². The van der Waals surface area contributed by atoms with Crippen LogP contribution < -0.4 is 4.90 Å². The summed E-state index contributed by atoms with van der Waals surface area (Å²) in [7, 11) is 2.21. The Morgan fingerprint density at radius 2 is 1.91 bits per heavy atom. The molecule has 0 amide bonds. The molecule has 3 heterocycles. The molecular weight excluding hydrogens is 289 g/mol. The van der Waals surface area contributed by atoms with E-state index in [0.29, 0.717) is 23.7 Å². The Kier molecular flexibility index (Phi) is 3.57. The Hall–Kier alpha value is -1.94. The SMILES string of the molecule is Cc1ccccc1[C@H]1[C@@H]2CN(c3ncccc3F)C[C@@H]2CN1C. The van der Waals surface area contributed by atoms with Crippen LogP contribution in [0.5, 0.6) is 0 Å². The smallest absolute Gasteiger partial charge is 0.165 e. The summed E-state index contributed by atoms with van der Waals surface area (Å²) in [4.78, 5) is 8.85. The highest BCUT2D eigenvalue weighted by molar-refractivity contribution is 5.43. The molecule has 0 spiro atoms. The molecule has 2 aliphatic heterocycles. The molecule has 2 aliphatic rings. The van der Waals surface area contributed by atoms with Crippen molar-refractivity contribution >= 4 is 5.82 Å². The second-order valence-electron chi connectivity index (χ2n) is 6.88. The van der Waals surface area contributed by atoms with Gasteiger partial charge in [-0.2, -0.15) is 0 Å². The number of nitrogens with zero attached hydrogens (tertiary/aromatic N) is 3. The van der Waals surface area contributed by atoms with Gasteiger partial charge in [0.2, 0.25) is 0 Å². The van der Waals surface area contributed by atoms with Crippen LogP contribution in [0.2, 0.25) is 0 Å². The lowest BCUT2D eigenvalue weighted by Gasteiger charge is -2.28. The van der Waals surface area contributed by atoms with Crippen molar-refractivity contribution < 1.29 is 4.39 Å². The summed E-state index contributed by atoms with van der Waals surface area (Å²) < 4.78 is 14.1. The van der Waals surface area contributed by atoms with Gasteiger partial charge in [0.15, 0.2) is 11.6 Å². The minimum atomic E-state index is -0.215. The lowest BCUT2D eigenvalue weighted by Crippen LogP contribution is -2.30. The first kappa shape index (κ1) is 14.6. The minimum absolute atomic E-state index is 0.215. The number of anilines is 1. The first-order chi connectivity index (χ1) is 11.1. The van der Waals surface area contributed by atoms with Crippen molar-refractivity contribution in [1.82, 2.24) is 9.88 Å². The fourth-order valence-corrected chi connectivity index (χ4v) is 4.43. The van der Waals surface area contributed by atoms with Gasteiger partial charge in [-0.1, -0.05) is 24.3 Å². The van der Waals surface area contributed by atoms with Gasteiger partial charge in [-0.15, -0.1) is 0 Å². The maximum Gasteiger partial charge on any atom is 0.165 e. The highest BCUT2D eigenvalue weighted by Gasteiger charge is 2.47. The average Bonchev–Trinajstić information content (AvgIpc) is 3.05. The van der Waals surface area contributed by atoms with Gasteiger partial charge >= 0.3 is 0 Å².